The van der Waals surface area contributed by atoms with Crippen molar-refractivity contribution in [1.29, 1.82) is 0 Å². The molecule has 110 valence electrons. The summed E-state index contributed by atoms with van der Waals surface area (Å²) in [5, 5.41) is 3.50. The number of fused-ring (bicyclic) bond motifs is 1. The van der Waals surface area contributed by atoms with Crippen LogP contribution in [-0.2, 0) is 0 Å². The Labute approximate surface area is 123 Å². The molecule has 3 aliphatic carbocycles. The Balaban J connectivity index is 1.83. The van der Waals surface area contributed by atoms with Crippen LogP contribution in [0.3, 0.4) is 0 Å². The van der Waals surface area contributed by atoms with Crippen LogP contribution in [0, 0.1) is 17.8 Å². The first-order valence-corrected chi connectivity index (χ1v) is 8.32. The average molecular weight is 272 g/mol. The van der Waals surface area contributed by atoms with E-state index in [1.165, 1.54) is 49.8 Å². The molecule has 1 fully saturated rings. The molecule has 3 unspecified atom stereocenters. The molecule has 0 amide bonds. The van der Waals surface area contributed by atoms with Crippen LogP contribution in [0.1, 0.15) is 44.9 Å². The van der Waals surface area contributed by atoms with Gasteiger partial charge in [0.15, 0.2) is 0 Å². The van der Waals surface area contributed by atoms with Crippen LogP contribution in [0.5, 0.6) is 0 Å². The van der Waals surface area contributed by atoms with Gasteiger partial charge in [-0.1, -0.05) is 37.1 Å². The van der Waals surface area contributed by atoms with Crippen molar-refractivity contribution in [3.05, 3.63) is 35.6 Å². The average Bonchev–Trinajstić information content (AvgIpc) is 2.54. The van der Waals surface area contributed by atoms with E-state index in [9.17, 15) is 0 Å². The summed E-state index contributed by atoms with van der Waals surface area (Å²) in [5.41, 5.74) is 9.46. The molecule has 2 heteroatoms. The maximum atomic E-state index is 6.63. The highest BCUT2D eigenvalue weighted by Crippen LogP contribution is 2.40. The van der Waals surface area contributed by atoms with E-state index in [0.29, 0.717) is 11.8 Å². The Morgan fingerprint density at radius 1 is 1.20 bits per heavy atom. The summed E-state index contributed by atoms with van der Waals surface area (Å²) < 4.78 is 0. The van der Waals surface area contributed by atoms with Gasteiger partial charge in [0.05, 0.1) is 0 Å². The van der Waals surface area contributed by atoms with Gasteiger partial charge in [0, 0.05) is 24.7 Å². The summed E-state index contributed by atoms with van der Waals surface area (Å²) in [4.78, 5) is 0. The quantitative estimate of drug-likeness (QED) is 0.771. The van der Waals surface area contributed by atoms with E-state index in [4.69, 9.17) is 5.73 Å². The van der Waals surface area contributed by atoms with E-state index < -0.39 is 0 Å². The number of allylic oxidation sites excluding steroid dienone is 4. The predicted molar refractivity (Wildman–Crippen MR) is 85.1 cm³/mol. The Morgan fingerprint density at radius 2 is 2.05 bits per heavy atom. The van der Waals surface area contributed by atoms with Crippen molar-refractivity contribution in [1.82, 2.24) is 5.32 Å². The molecule has 0 radical (unpaired) electrons. The fraction of sp³-hybridized carbons (Fsp3) is 0.667. The molecule has 3 aliphatic rings. The van der Waals surface area contributed by atoms with Gasteiger partial charge < -0.3 is 11.1 Å². The summed E-state index contributed by atoms with van der Waals surface area (Å²) in [6.07, 6.45) is 18.4. The predicted octanol–water partition coefficient (Wildman–Crippen LogP) is 3.52. The van der Waals surface area contributed by atoms with Gasteiger partial charge >= 0.3 is 0 Å². The summed E-state index contributed by atoms with van der Waals surface area (Å²) in [6.45, 7) is 0. The second kappa shape index (κ2) is 6.17. The fourth-order valence-electron chi connectivity index (χ4n) is 4.30. The Morgan fingerprint density at radius 3 is 2.80 bits per heavy atom. The molecule has 20 heavy (non-hydrogen) atoms. The maximum Gasteiger partial charge on any atom is 0.0343 e. The van der Waals surface area contributed by atoms with Crippen LogP contribution < -0.4 is 11.1 Å². The monoisotopic (exact) mass is 272 g/mol. The minimum Gasteiger partial charge on any atom is -0.391 e. The van der Waals surface area contributed by atoms with Gasteiger partial charge in [0.25, 0.3) is 0 Å². The van der Waals surface area contributed by atoms with E-state index in [2.05, 4.69) is 36.7 Å². The van der Waals surface area contributed by atoms with Gasteiger partial charge in [-0.15, -0.1) is 0 Å². The smallest absolute Gasteiger partial charge is 0.0343 e. The van der Waals surface area contributed by atoms with Crippen LogP contribution >= 0.6 is 0 Å². The minimum absolute atomic E-state index is 0.196. The van der Waals surface area contributed by atoms with E-state index in [1.54, 1.807) is 0 Å². The Bertz CT molecular complexity index is 433. The van der Waals surface area contributed by atoms with E-state index in [-0.39, 0.29) is 6.04 Å². The summed E-state index contributed by atoms with van der Waals surface area (Å²) >= 11 is 0. The third-order valence-corrected chi connectivity index (χ3v) is 5.47. The number of rotatable bonds is 3. The maximum absolute atomic E-state index is 6.63. The highest BCUT2D eigenvalue weighted by atomic mass is 14.9. The molecule has 0 aliphatic heterocycles. The topological polar surface area (TPSA) is 38.0 Å². The van der Waals surface area contributed by atoms with E-state index in [0.717, 1.165) is 12.3 Å². The number of hydrogen-bond donors (Lipinski definition) is 2. The van der Waals surface area contributed by atoms with Crippen molar-refractivity contribution in [3.63, 3.8) is 0 Å². The summed E-state index contributed by atoms with van der Waals surface area (Å²) in [7, 11) is 2.08. The second-order valence-corrected chi connectivity index (χ2v) is 6.60. The number of nitrogens with one attached hydrogen (secondary N) is 1. The largest absolute Gasteiger partial charge is 0.391 e. The number of hydrogen-bond acceptors (Lipinski definition) is 2. The normalized spacial score (nSPS) is 34.8. The molecule has 3 N–H and O–H groups in total. The lowest BCUT2D eigenvalue weighted by atomic mass is 9.71. The second-order valence-electron chi connectivity index (χ2n) is 6.60. The third kappa shape index (κ3) is 2.58. The standard InChI is InChI=1S/C18H28N2/c1-20-18-15-10-6-5-7-13(15)11-12-16(18)17(19)14-8-3-2-4-9-14/h2-3,11-15,17,20H,4-10,19H2,1H3/t13?,14?,15?,17-/m0/s1. The molecule has 0 aromatic heterocycles. The molecule has 0 bridgehead atoms. The molecule has 2 nitrogen and oxygen atoms in total. The van der Waals surface area contributed by atoms with Gasteiger partial charge in [0.2, 0.25) is 0 Å². The molecule has 0 spiro atoms. The lowest BCUT2D eigenvalue weighted by molar-refractivity contribution is 0.302. The van der Waals surface area contributed by atoms with Crippen molar-refractivity contribution in [3.8, 4) is 0 Å². The van der Waals surface area contributed by atoms with Gasteiger partial charge in [-0.3, -0.25) is 0 Å². The molecular formula is C18H28N2. The zero-order valence-corrected chi connectivity index (χ0v) is 12.6. The first-order chi connectivity index (χ1) is 9.81. The van der Waals surface area contributed by atoms with Crippen molar-refractivity contribution >= 4 is 0 Å². The molecule has 4 atom stereocenters. The Hall–Kier alpha value is -1.02. The van der Waals surface area contributed by atoms with E-state index in [1.807, 2.05) is 0 Å². The van der Waals surface area contributed by atoms with E-state index >= 15 is 0 Å². The molecule has 0 heterocycles. The lowest BCUT2D eigenvalue weighted by Gasteiger charge is -2.38. The Kier molecular flexibility index (Phi) is 4.30. The van der Waals surface area contributed by atoms with Gasteiger partial charge in [-0.2, -0.15) is 0 Å². The summed E-state index contributed by atoms with van der Waals surface area (Å²) in [5.74, 6) is 2.05. The third-order valence-electron chi connectivity index (χ3n) is 5.47. The lowest BCUT2D eigenvalue weighted by Crippen LogP contribution is -2.38. The molecule has 3 rings (SSSR count). The van der Waals surface area contributed by atoms with Gasteiger partial charge in [0.1, 0.15) is 0 Å². The molecule has 0 aromatic rings. The SMILES string of the molecule is CNC1=C([C@@H](N)C2CC=CCC2)C=CC2CCCCC12. The minimum atomic E-state index is 0.196. The molecule has 0 saturated heterocycles. The van der Waals surface area contributed by atoms with Gasteiger partial charge in [-0.25, -0.2) is 0 Å². The molecular weight excluding hydrogens is 244 g/mol. The number of nitrogens with two attached hydrogens (primary N) is 1. The van der Waals surface area contributed by atoms with Crippen LogP contribution in [0.15, 0.2) is 35.6 Å². The van der Waals surface area contributed by atoms with Crippen LogP contribution in [-0.4, -0.2) is 13.1 Å². The van der Waals surface area contributed by atoms with Crippen molar-refractivity contribution < 1.29 is 0 Å². The summed E-state index contributed by atoms with van der Waals surface area (Å²) in [6, 6.07) is 0.196. The highest BCUT2D eigenvalue weighted by molar-refractivity contribution is 5.37. The van der Waals surface area contributed by atoms with Crippen molar-refractivity contribution in [2.75, 3.05) is 7.05 Å². The fourth-order valence-corrected chi connectivity index (χ4v) is 4.30. The zero-order valence-electron chi connectivity index (χ0n) is 12.6. The van der Waals surface area contributed by atoms with Crippen LogP contribution in [0.2, 0.25) is 0 Å². The highest BCUT2D eigenvalue weighted by Gasteiger charge is 2.33. The van der Waals surface area contributed by atoms with Gasteiger partial charge in [-0.05, 0) is 49.5 Å². The molecule has 1 saturated carbocycles. The molecule has 0 aromatic carbocycles. The van der Waals surface area contributed by atoms with Crippen molar-refractivity contribution in [2.45, 2.75) is 51.0 Å². The van der Waals surface area contributed by atoms with Crippen molar-refractivity contribution in [2.24, 2.45) is 23.5 Å². The first-order valence-electron chi connectivity index (χ1n) is 8.32. The zero-order chi connectivity index (χ0) is 13.9. The first kappa shape index (κ1) is 13.9. The van der Waals surface area contributed by atoms with Crippen LogP contribution in [0.25, 0.3) is 0 Å². The van der Waals surface area contributed by atoms with Crippen LogP contribution in [0.4, 0.5) is 0 Å².